The molecular formula is C30H46O7. The molecule has 3 spiro atoms. The number of rotatable bonds is 6. The van der Waals surface area contributed by atoms with Crippen LogP contribution in [0.5, 0.6) is 0 Å². The lowest BCUT2D eigenvalue weighted by Gasteiger charge is -2.46. The van der Waals surface area contributed by atoms with Gasteiger partial charge in [-0.15, -0.1) is 0 Å². The van der Waals surface area contributed by atoms with Crippen LogP contribution in [0.2, 0.25) is 0 Å². The van der Waals surface area contributed by atoms with Gasteiger partial charge in [0.2, 0.25) is 0 Å². The Labute approximate surface area is 221 Å². The molecule has 13 atom stereocenters. The molecule has 37 heavy (non-hydrogen) atoms. The van der Waals surface area contributed by atoms with Crippen molar-refractivity contribution in [3.8, 4) is 0 Å². The number of ether oxygens (including phenoxy) is 5. The minimum atomic E-state index is -0.721. The van der Waals surface area contributed by atoms with Gasteiger partial charge in [0.25, 0.3) is 0 Å². The van der Waals surface area contributed by atoms with Gasteiger partial charge in [-0.2, -0.15) is 0 Å². The Balaban J connectivity index is 1.06. The third kappa shape index (κ3) is 3.52. The average molecular weight is 519 g/mol. The van der Waals surface area contributed by atoms with E-state index in [4.69, 9.17) is 23.7 Å². The second-order valence-corrected chi connectivity index (χ2v) is 14.6. The number of carbonyl (C=O) groups is 1. The third-order valence-electron chi connectivity index (χ3n) is 12.4. The lowest BCUT2D eigenvalue weighted by molar-refractivity contribution is -0.150. The summed E-state index contributed by atoms with van der Waals surface area (Å²) in [4.78, 5) is 11.7. The normalized spacial score (nSPS) is 55.2. The molecule has 0 aromatic heterocycles. The lowest BCUT2D eigenvalue weighted by Crippen LogP contribution is -2.48. The fourth-order valence-electron chi connectivity index (χ4n) is 9.88. The van der Waals surface area contributed by atoms with Crippen LogP contribution in [0.25, 0.3) is 0 Å². The van der Waals surface area contributed by atoms with Crippen LogP contribution in [-0.2, 0) is 28.5 Å². The van der Waals surface area contributed by atoms with Gasteiger partial charge >= 0.3 is 5.97 Å². The van der Waals surface area contributed by atoms with E-state index in [2.05, 4.69) is 20.8 Å². The Bertz CT molecular complexity index is 971. The van der Waals surface area contributed by atoms with Gasteiger partial charge in [-0.05, 0) is 82.0 Å². The average Bonchev–Trinajstić information content (AvgIpc) is 3.64. The van der Waals surface area contributed by atoms with E-state index in [-0.39, 0.29) is 64.6 Å². The highest BCUT2D eigenvalue weighted by Crippen LogP contribution is 2.73. The van der Waals surface area contributed by atoms with Crippen LogP contribution in [-0.4, -0.2) is 70.6 Å². The second kappa shape index (κ2) is 7.72. The van der Waals surface area contributed by atoms with Crippen molar-refractivity contribution in [3.63, 3.8) is 0 Å². The number of hydrogen-bond donors (Lipinski definition) is 1. The van der Waals surface area contributed by atoms with Crippen LogP contribution in [0.3, 0.4) is 0 Å². The smallest absolute Gasteiger partial charge is 0.302 e. The van der Waals surface area contributed by atoms with Crippen LogP contribution in [0.1, 0.15) is 92.9 Å². The summed E-state index contributed by atoms with van der Waals surface area (Å²) in [5.74, 6) is 1.55. The van der Waals surface area contributed by atoms with Gasteiger partial charge in [0.15, 0.2) is 0 Å². The highest BCUT2D eigenvalue weighted by atomic mass is 16.7. The first kappa shape index (κ1) is 25.3. The van der Waals surface area contributed by atoms with Gasteiger partial charge in [0.05, 0.1) is 24.4 Å². The highest BCUT2D eigenvalue weighted by Gasteiger charge is 2.85. The number of aliphatic hydroxyl groups is 1. The molecule has 1 N–H and O–H groups in total. The predicted molar refractivity (Wildman–Crippen MR) is 135 cm³/mol. The first-order valence-electron chi connectivity index (χ1n) is 14.9. The van der Waals surface area contributed by atoms with E-state index in [1.165, 1.54) is 32.6 Å². The Kier molecular flexibility index (Phi) is 5.27. The van der Waals surface area contributed by atoms with Crippen molar-refractivity contribution in [1.82, 2.24) is 0 Å². The number of esters is 1. The van der Waals surface area contributed by atoms with Crippen molar-refractivity contribution in [2.45, 2.75) is 146 Å². The van der Waals surface area contributed by atoms with E-state index in [1.54, 1.807) is 0 Å². The standard InChI is InChI=1S/C30H46O7/c1-16(22-23(35-22)17(2)26(4,5)32)20-8-9-21-27(20,6)11-7-12-29(21)24(36-29)25-30(37-25)14-19(34-18(3)31)10-13-28(30)15-33-28/h16-17,19-25,32H,7-15H2,1-6H3/t16-,17-,19-,20+,21+,22+,23+,24+,25+,27+,28+,29+,30+/m0/s1. The molecule has 7 heteroatoms. The molecule has 208 valence electrons. The summed E-state index contributed by atoms with van der Waals surface area (Å²) in [6.07, 6.45) is 8.98. The molecule has 0 unspecified atom stereocenters. The first-order chi connectivity index (χ1) is 17.4. The Morgan fingerprint density at radius 1 is 1.05 bits per heavy atom. The number of fused-ring (bicyclic) bond motifs is 3. The molecule has 7 rings (SSSR count). The number of epoxide rings is 4. The predicted octanol–water partition coefficient (Wildman–Crippen LogP) is 4.17. The quantitative estimate of drug-likeness (QED) is 0.416. The molecule has 4 saturated heterocycles. The molecule has 7 aliphatic rings. The van der Waals surface area contributed by atoms with Gasteiger partial charge in [-0.1, -0.05) is 20.8 Å². The number of hydrogen-bond acceptors (Lipinski definition) is 7. The van der Waals surface area contributed by atoms with Gasteiger partial charge in [-0.3, -0.25) is 4.79 Å². The minimum absolute atomic E-state index is 0.0518. The van der Waals surface area contributed by atoms with Gasteiger partial charge in [0.1, 0.15) is 35.1 Å². The van der Waals surface area contributed by atoms with Crippen LogP contribution in [0, 0.1) is 29.1 Å². The maximum atomic E-state index is 11.7. The summed E-state index contributed by atoms with van der Waals surface area (Å²) < 4.78 is 31.2. The van der Waals surface area contributed by atoms with E-state index < -0.39 is 5.60 Å². The largest absolute Gasteiger partial charge is 0.462 e. The van der Waals surface area contributed by atoms with Gasteiger partial charge in [-0.25, -0.2) is 0 Å². The van der Waals surface area contributed by atoms with E-state index in [9.17, 15) is 9.90 Å². The fourth-order valence-corrected chi connectivity index (χ4v) is 9.88. The molecule has 0 bridgehead atoms. The molecule has 4 aliphatic heterocycles. The second-order valence-electron chi connectivity index (χ2n) is 14.6. The SMILES string of the molecule is CC(=O)O[C@H]1CC[C@@]2(CO2)[C@]2(C1)O[C@@H]2[C@H]1O[C@@]12CCC[C@]1(C)[C@@H]([C@H](C)[C@H]3O[C@@H]3[C@H](C)C(C)(C)O)CC[C@H]12. The molecule has 4 heterocycles. The highest BCUT2D eigenvalue weighted by molar-refractivity contribution is 5.66. The van der Waals surface area contributed by atoms with Crippen molar-refractivity contribution in [2.75, 3.05) is 6.61 Å². The molecule has 7 fully saturated rings. The maximum Gasteiger partial charge on any atom is 0.302 e. The molecular weight excluding hydrogens is 472 g/mol. The van der Waals surface area contributed by atoms with Gasteiger partial charge in [0, 0.05) is 19.3 Å². The first-order valence-corrected chi connectivity index (χ1v) is 14.9. The van der Waals surface area contributed by atoms with Crippen molar-refractivity contribution in [3.05, 3.63) is 0 Å². The summed E-state index contributed by atoms with van der Waals surface area (Å²) in [5, 5.41) is 10.5. The zero-order chi connectivity index (χ0) is 26.2. The zero-order valence-electron chi connectivity index (χ0n) is 23.5. The number of carbonyl (C=O) groups excluding carboxylic acids is 1. The van der Waals surface area contributed by atoms with Crippen molar-refractivity contribution in [1.29, 1.82) is 0 Å². The Morgan fingerprint density at radius 2 is 1.81 bits per heavy atom. The zero-order valence-corrected chi connectivity index (χ0v) is 23.5. The summed E-state index contributed by atoms with van der Waals surface area (Å²) >= 11 is 0. The minimum Gasteiger partial charge on any atom is -0.462 e. The molecule has 0 amide bonds. The van der Waals surface area contributed by atoms with Crippen LogP contribution < -0.4 is 0 Å². The fraction of sp³-hybridized carbons (Fsp3) is 0.967. The van der Waals surface area contributed by atoms with Crippen molar-refractivity contribution < 1.29 is 33.6 Å². The van der Waals surface area contributed by atoms with Crippen LogP contribution >= 0.6 is 0 Å². The Hall–Kier alpha value is -0.730. The summed E-state index contributed by atoms with van der Waals surface area (Å²) in [6.45, 7) is 13.1. The Morgan fingerprint density at radius 3 is 2.49 bits per heavy atom. The van der Waals surface area contributed by atoms with E-state index in [1.807, 2.05) is 13.8 Å². The molecule has 7 nitrogen and oxygen atoms in total. The van der Waals surface area contributed by atoms with E-state index in [0.717, 1.165) is 32.3 Å². The topological polar surface area (TPSA) is 96.7 Å². The van der Waals surface area contributed by atoms with E-state index in [0.29, 0.717) is 17.8 Å². The lowest BCUT2D eigenvalue weighted by atomic mass is 9.57. The molecule has 3 saturated carbocycles. The summed E-state index contributed by atoms with van der Waals surface area (Å²) in [7, 11) is 0. The van der Waals surface area contributed by atoms with Crippen molar-refractivity contribution in [2.24, 2.45) is 29.1 Å². The molecule has 0 radical (unpaired) electrons. The summed E-state index contributed by atoms with van der Waals surface area (Å²) in [6, 6.07) is 0. The maximum absolute atomic E-state index is 11.7. The molecule has 3 aliphatic carbocycles. The molecule has 0 aromatic rings. The third-order valence-corrected chi connectivity index (χ3v) is 12.4. The van der Waals surface area contributed by atoms with Crippen molar-refractivity contribution >= 4 is 5.97 Å². The monoisotopic (exact) mass is 518 g/mol. The van der Waals surface area contributed by atoms with Gasteiger partial charge < -0.3 is 28.8 Å². The molecule has 0 aromatic carbocycles. The van der Waals surface area contributed by atoms with E-state index >= 15 is 0 Å². The summed E-state index contributed by atoms with van der Waals surface area (Å²) in [5.41, 5.74) is -1.10. The van der Waals surface area contributed by atoms with Crippen LogP contribution in [0.4, 0.5) is 0 Å². The van der Waals surface area contributed by atoms with Crippen LogP contribution in [0.15, 0.2) is 0 Å².